The predicted molar refractivity (Wildman–Crippen MR) is 36.8 cm³/mol. The number of hydrogen-bond acceptors (Lipinski definition) is 4. The first-order chi connectivity index (χ1) is 5.24. The minimum absolute atomic E-state index is 0.174. The van der Waals surface area contributed by atoms with Crippen molar-refractivity contribution in [2.75, 3.05) is 20.2 Å². The molecule has 1 unspecified atom stereocenters. The van der Waals surface area contributed by atoms with Crippen LogP contribution in [0.15, 0.2) is 0 Å². The van der Waals surface area contributed by atoms with E-state index in [0.717, 1.165) is 0 Å². The topological polar surface area (TPSA) is 67.4 Å². The second-order valence-electron chi connectivity index (χ2n) is 2.27. The molecule has 1 heterocycles. The van der Waals surface area contributed by atoms with Crippen LogP contribution in [0.25, 0.3) is 0 Å². The highest BCUT2D eigenvalue weighted by Gasteiger charge is 2.24. The van der Waals surface area contributed by atoms with E-state index in [1.807, 2.05) is 0 Å². The molecule has 0 radical (unpaired) electrons. The summed E-state index contributed by atoms with van der Waals surface area (Å²) in [5.74, 6) is -0.586. The number of carbonyl (C=O) groups is 2. The van der Waals surface area contributed by atoms with E-state index in [-0.39, 0.29) is 12.5 Å². The van der Waals surface area contributed by atoms with Gasteiger partial charge in [0.1, 0.15) is 6.04 Å². The number of methoxy groups -OCH3 is 1. The van der Waals surface area contributed by atoms with Crippen molar-refractivity contribution in [2.45, 2.75) is 6.04 Å². The second kappa shape index (κ2) is 3.34. The van der Waals surface area contributed by atoms with Crippen LogP contribution in [0.4, 0.5) is 0 Å². The third-order valence-corrected chi connectivity index (χ3v) is 1.45. The van der Waals surface area contributed by atoms with E-state index in [4.69, 9.17) is 0 Å². The number of nitrogens with one attached hydrogen (secondary N) is 2. The molecule has 1 saturated heterocycles. The molecule has 5 nitrogen and oxygen atoms in total. The maximum Gasteiger partial charge on any atom is 0.329 e. The molecule has 0 aromatic rings. The average molecular weight is 158 g/mol. The Morgan fingerprint density at radius 2 is 2.45 bits per heavy atom. The fourth-order valence-electron chi connectivity index (χ4n) is 0.911. The zero-order chi connectivity index (χ0) is 8.27. The Kier molecular flexibility index (Phi) is 2.43. The Hall–Kier alpha value is -1.10. The van der Waals surface area contributed by atoms with Crippen molar-refractivity contribution in [3.05, 3.63) is 0 Å². The number of carbonyl (C=O) groups excluding carboxylic acids is 2. The first-order valence-electron chi connectivity index (χ1n) is 3.32. The molecule has 1 amide bonds. The van der Waals surface area contributed by atoms with Crippen molar-refractivity contribution >= 4 is 11.9 Å². The van der Waals surface area contributed by atoms with Gasteiger partial charge >= 0.3 is 5.97 Å². The molecule has 1 atom stereocenters. The van der Waals surface area contributed by atoms with Gasteiger partial charge in [-0.15, -0.1) is 0 Å². The van der Waals surface area contributed by atoms with Gasteiger partial charge in [-0.2, -0.15) is 0 Å². The normalized spacial score (nSPS) is 24.1. The van der Waals surface area contributed by atoms with Crippen LogP contribution >= 0.6 is 0 Å². The molecule has 62 valence electrons. The molecule has 1 aliphatic rings. The molecule has 0 aromatic carbocycles. The van der Waals surface area contributed by atoms with Gasteiger partial charge < -0.3 is 15.4 Å². The molecule has 0 saturated carbocycles. The summed E-state index contributed by atoms with van der Waals surface area (Å²) in [6.07, 6.45) is 0. The van der Waals surface area contributed by atoms with E-state index in [1.165, 1.54) is 7.11 Å². The summed E-state index contributed by atoms with van der Waals surface area (Å²) >= 11 is 0. The molecule has 1 fully saturated rings. The molecule has 0 bridgehead atoms. The first-order valence-corrected chi connectivity index (χ1v) is 3.32. The number of ether oxygens (including phenoxy) is 1. The third kappa shape index (κ3) is 1.91. The molecule has 1 aliphatic heterocycles. The van der Waals surface area contributed by atoms with Crippen LogP contribution < -0.4 is 10.6 Å². The lowest BCUT2D eigenvalue weighted by atomic mass is 10.2. The van der Waals surface area contributed by atoms with Crippen LogP contribution in [0.1, 0.15) is 0 Å². The quantitative estimate of drug-likeness (QED) is 0.444. The standard InChI is InChI=1S/C6H10N2O3/c1-11-6(10)4-2-7-3-5(9)8-4/h4,7H,2-3H2,1H3,(H,8,9). The number of piperazine rings is 1. The summed E-state index contributed by atoms with van der Waals surface area (Å²) < 4.78 is 4.44. The Morgan fingerprint density at radius 3 is 3.00 bits per heavy atom. The van der Waals surface area contributed by atoms with E-state index in [2.05, 4.69) is 15.4 Å². The van der Waals surface area contributed by atoms with E-state index in [1.54, 1.807) is 0 Å². The van der Waals surface area contributed by atoms with Crippen molar-refractivity contribution in [3.63, 3.8) is 0 Å². The molecule has 0 aromatic heterocycles. The van der Waals surface area contributed by atoms with Gasteiger partial charge in [-0.1, -0.05) is 0 Å². The predicted octanol–water partition coefficient (Wildman–Crippen LogP) is -1.75. The number of esters is 1. The van der Waals surface area contributed by atoms with Crippen LogP contribution in [0.5, 0.6) is 0 Å². The van der Waals surface area contributed by atoms with E-state index < -0.39 is 12.0 Å². The second-order valence-corrected chi connectivity index (χ2v) is 2.27. The molecular weight excluding hydrogens is 148 g/mol. The monoisotopic (exact) mass is 158 g/mol. The van der Waals surface area contributed by atoms with Crippen LogP contribution in [-0.2, 0) is 14.3 Å². The van der Waals surface area contributed by atoms with Crippen molar-refractivity contribution in [1.82, 2.24) is 10.6 Å². The molecular formula is C6H10N2O3. The lowest BCUT2D eigenvalue weighted by Crippen LogP contribution is -2.55. The first kappa shape index (κ1) is 8.00. The van der Waals surface area contributed by atoms with Gasteiger partial charge in [-0.25, -0.2) is 4.79 Å². The molecule has 0 spiro atoms. The lowest BCUT2D eigenvalue weighted by molar-refractivity contribution is -0.145. The SMILES string of the molecule is COC(=O)C1CNCC(=O)N1. The highest BCUT2D eigenvalue weighted by molar-refractivity contribution is 5.86. The lowest BCUT2D eigenvalue weighted by Gasteiger charge is -2.21. The number of rotatable bonds is 1. The van der Waals surface area contributed by atoms with Crippen molar-refractivity contribution in [2.24, 2.45) is 0 Å². The third-order valence-electron chi connectivity index (χ3n) is 1.45. The molecule has 11 heavy (non-hydrogen) atoms. The zero-order valence-corrected chi connectivity index (χ0v) is 6.22. The van der Waals surface area contributed by atoms with Gasteiger partial charge in [0.2, 0.25) is 5.91 Å². The van der Waals surface area contributed by atoms with Gasteiger partial charge in [-0.05, 0) is 0 Å². The van der Waals surface area contributed by atoms with Gasteiger partial charge in [0.15, 0.2) is 0 Å². The molecule has 0 aliphatic carbocycles. The van der Waals surface area contributed by atoms with Gasteiger partial charge in [0, 0.05) is 6.54 Å². The fourth-order valence-corrected chi connectivity index (χ4v) is 0.911. The summed E-state index contributed by atoms with van der Waals surface area (Å²) in [6, 6.07) is -0.527. The smallest absolute Gasteiger partial charge is 0.329 e. The van der Waals surface area contributed by atoms with E-state index >= 15 is 0 Å². The molecule has 2 N–H and O–H groups in total. The van der Waals surface area contributed by atoms with Crippen LogP contribution in [-0.4, -0.2) is 38.1 Å². The average Bonchev–Trinajstić information content (AvgIpc) is 2.03. The largest absolute Gasteiger partial charge is 0.467 e. The Balaban J connectivity index is 2.45. The highest BCUT2D eigenvalue weighted by Crippen LogP contribution is 1.90. The van der Waals surface area contributed by atoms with Crippen molar-refractivity contribution in [1.29, 1.82) is 0 Å². The molecule has 1 rings (SSSR count). The highest BCUT2D eigenvalue weighted by atomic mass is 16.5. The van der Waals surface area contributed by atoms with Crippen LogP contribution in [0.2, 0.25) is 0 Å². The van der Waals surface area contributed by atoms with Gasteiger partial charge in [0.05, 0.1) is 13.7 Å². The zero-order valence-electron chi connectivity index (χ0n) is 6.22. The minimum Gasteiger partial charge on any atom is -0.467 e. The van der Waals surface area contributed by atoms with Crippen molar-refractivity contribution < 1.29 is 14.3 Å². The number of hydrogen-bond donors (Lipinski definition) is 2. The fraction of sp³-hybridized carbons (Fsp3) is 0.667. The molecule has 5 heteroatoms. The summed E-state index contributed by atoms with van der Waals surface area (Å²) in [5.41, 5.74) is 0. The van der Waals surface area contributed by atoms with Gasteiger partial charge in [0.25, 0.3) is 0 Å². The van der Waals surface area contributed by atoms with E-state index in [0.29, 0.717) is 6.54 Å². The summed E-state index contributed by atoms with van der Waals surface area (Å²) in [7, 11) is 1.29. The number of amides is 1. The van der Waals surface area contributed by atoms with Crippen LogP contribution in [0, 0.1) is 0 Å². The summed E-state index contributed by atoms with van der Waals surface area (Å²) in [6.45, 7) is 0.714. The van der Waals surface area contributed by atoms with Crippen molar-refractivity contribution in [3.8, 4) is 0 Å². The maximum atomic E-state index is 10.8. The minimum atomic E-state index is -0.527. The Morgan fingerprint density at radius 1 is 1.73 bits per heavy atom. The Bertz CT molecular complexity index is 181. The Labute approximate surface area is 64.1 Å². The maximum absolute atomic E-state index is 10.8. The summed E-state index contributed by atoms with van der Waals surface area (Å²) in [5, 5.41) is 5.28. The van der Waals surface area contributed by atoms with E-state index in [9.17, 15) is 9.59 Å². The van der Waals surface area contributed by atoms with Crippen LogP contribution in [0.3, 0.4) is 0 Å². The van der Waals surface area contributed by atoms with Gasteiger partial charge in [-0.3, -0.25) is 4.79 Å². The summed E-state index contributed by atoms with van der Waals surface area (Å²) in [4.78, 5) is 21.5.